The van der Waals surface area contributed by atoms with Crippen LogP contribution in [0.25, 0.3) is 0 Å². The van der Waals surface area contributed by atoms with Gasteiger partial charge in [0.15, 0.2) is 0 Å². The van der Waals surface area contributed by atoms with Crippen molar-refractivity contribution in [3.8, 4) is 0 Å². The monoisotopic (exact) mass is 403 g/mol. The summed E-state index contributed by atoms with van der Waals surface area (Å²) >= 11 is 6.01. The van der Waals surface area contributed by atoms with Crippen molar-refractivity contribution >= 4 is 46.9 Å². The first-order valence-electron chi connectivity index (χ1n) is 8.90. The zero-order valence-corrected chi connectivity index (χ0v) is 16.3. The molecule has 4 rings (SSSR count). The number of rotatable bonds is 3. The average molecular weight is 404 g/mol. The van der Waals surface area contributed by atoms with Crippen LogP contribution in [0.4, 0.5) is 10.5 Å². The van der Waals surface area contributed by atoms with Gasteiger partial charge in [0, 0.05) is 18.0 Å². The fraction of sp³-hybridized carbons (Fsp3) is 0.389. The highest BCUT2D eigenvalue weighted by Crippen LogP contribution is 2.28. The molecule has 28 heavy (non-hydrogen) atoms. The largest absolute Gasteiger partial charge is 0.397 e. The Bertz CT molecular complexity index is 941. The molecule has 1 saturated heterocycles. The van der Waals surface area contributed by atoms with Crippen LogP contribution in [0.1, 0.15) is 6.92 Å². The highest BCUT2D eigenvalue weighted by Gasteiger charge is 2.55. The molecule has 1 aromatic rings. The highest BCUT2D eigenvalue weighted by atomic mass is 35.5. The quantitative estimate of drug-likeness (QED) is 0.734. The summed E-state index contributed by atoms with van der Waals surface area (Å²) < 4.78 is 1.89. The number of guanidine groups is 1. The van der Waals surface area contributed by atoms with Crippen LogP contribution < -0.4 is 10.6 Å². The molecule has 3 aliphatic heterocycles. The van der Waals surface area contributed by atoms with Crippen LogP contribution in [0.3, 0.4) is 0 Å². The minimum Gasteiger partial charge on any atom is -0.368 e. The van der Waals surface area contributed by atoms with E-state index in [0.717, 1.165) is 10.6 Å². The van der Waals surface area contributed by atoms with E-state index in [0.29, 0.717) is 29.9 Å². The summed E-state index contributed by atoms with van der Waals surface area (Å²) in [5, 5.41) is 0.629. The third-order valence-electron chi connectivity index (χ3n) is 5.09. The van der Waals surface area contributed by atoms with Crippen LogP contribution in [-0.4, -0.2) is 76.7 Å². The number of benzene rings is 1. The molecule has 10 heteroatoms. The van der Waals surface area contributed by atoms with E-state index in [1.165, 1.54) is 4.90 Å². The number of amidine groups is 1. The summed E-state index contributed by atoms with van der Waals surface area (Å²) in [6.07, 6.45) is 0. The Balaban J connectivity index is 1.77. The van der Waals surface area contributed by atoms with Gasteiger partial charge in [-0.3, -0.25) is 19.4 Å². The Labute approximate surface area is 166 Å². The lowest BCUT2D eigenvalue weighted by Crippen LogP contribution is -2.64. The van der Waals surface area contributed by atoms with E-state index < -0.39 is 30.4 Å². The Kier molecular flexibility index (Phi) is 4.34. The topological polar surface area (TPSA) is 102 Å². The number of imide groups is 1. The van der Waals surface area contributed by atoms with Crippen LogP contribution in [0.2, 0.25) is 5.02 Å². The van der Waals surface area contributed by atoms with E-state index in [-0.39, 0.29) is 5.92 Å². The number of nitrogens with zero attached hydrogens (tertiary/aromatic N) is 5. The van der Waals surface area contributed by atoms with Gasteiger partial charge in [-0.25, -0.2) is 14.3 Å². The Hall–Kier alpha value is -2.94. The number of amides is 4. The first kappa shape index (κ1) is 18.4. The van der Waals surface area contributed by atoms with E-state index >= 15 is 0 Å². The maximum absolute atomic E-state index is 13.0. The second-order valence-corrected chi connectivity index (χ2v) is 7.69. The zero-order chi connectivity index (χ0) is 20.2. The minimum atomic E-state index is -0.755. The number of aliphatic imine (C=N–C) groups is 1. The van der Waals surface area contributed by atoms with Crippen LogP contribution in [0.5, 0.6) is 0 Å². The second kappa shape index (κ2) is 6.59. The van der Waals surface area contributed by atoms with Gasteiger partial charge in [-0.2, -0.15) is 0 Å². The van der Waals surface area contributed by atoms with Gasteiger partial charge in [0.2, 0.25) is 17.8 Å². The second-order valence-electron chi connectivity index (χ2n) is 7.25. The van der Waals surface area contributed by atoms with Crippen molar-refractivity contribution in [3.05, 3.63) is 29.3 Å². The number of hydrogen-bond donors (Lipinski definition) is 1. The molecule has 0 aromatic heterocycles. The van der Waals surface area contributed by atoms with E-state index in [4.69, 9.17) is 17.3 Å². The number of likely N-dealkylation sites (N-methyl/N-ethyl adjacent to an activating group) is 1. The van der Waals surface area contributed by atoms with Crippen LogP contribution in [-0.2, 0) is 9.59 Å². The smallest absolute Gasteiger partial charge is 0.368 e. The van der Waals surface area contributed by atoms with E-state index in [2.05, 4.69) is 11.9 Å². The van der Waals surface area contributed by atoms with Crippen LogP contribution in [0.15, 0.2) is 29.3 Å². The normalized spacial score (nSPS) is 24.4. The third kappa shape index (κ3) is 2.82. The molecule has 0 bridgehead atoms. The van der Waals surface area contributed by atoms with Gasteiger partial charge in [-0.1, -0.05) is 23.5 Å². The van der Waals surface area contributed by atoms with Gasteiger partial charge in [0.1, 0.15) is 12.2 Å². The SMILES string of the molecule is CC1CN(c2ccc(Cl)cc2)C2=[N+](C1)C1C(=O)N(CC(N)=O)C(=O)N(C)C1=N2. The van der Waals surface area contributed by atoms with Crippen molar-refractivity contribution < 1.29 is 19.0 Å². The van der Waals surface area contributed by atoms with Crippen molar-refractivity contribution in [2.45, 2.75) is 13.0 Å². The molecular weight excluding hydrogens is 384 g/mol. The average Bonchev–Trinajstić information content (AvgIpc) is 3.03. The Morgan fingerprint density at radius 1 is 1.32 bits per heavy atom. The Morgan fingerprint density at radius 3 is 2.64 bits per heavy atom. The molecule has 0 spiro atoms. The van der Waals surface area contributed by atoms with Gasteiger partial charge in [-0.05, 0) is 24.3 Å². The van der Waals surface area contributed by atoms with Crippen molar-refractivity contribution in [2.24, 2.45) is 16.6 Å². The number of nitrogens with two attached hydrogens (primary N) is 1. The number of urea groups is 1. The van der Waals surface area contributed by atoms with Gasteiger partial charge in [0.05, 0.1) is 13.1 Å². The van der Waals surface area contributed by atoms with Gasteiger partial charge >= 0.3 is 12.0 Å². The fourth-order valence-electron chi connectivity index (χ4n) is 3.84. The molecule has 2 atom stereocenters. The molecule has 0 aliphatic carbocycles. The number of carbonyl (C=O) groups excluding carboxylic acids is 3. The summed E-state index contributed by atoms with van der Waals surface area (Å²) in [6, 6.07) is 6.02. The lowest BCUT2D eigenvalue weighted by Gasteiger charge is -2.34. The van der Waals surface area contributed by atoms with Crippen molar-refractivity contribution in [3.63, 3.8) is 0 Å². The molecule has 1 fully saturated rings. The maximum Gasteiger partial charge on any atom is 0.397 e. The van der Waals surface area contributed by atoms with E-state index in [1.54, 1.807) is 19.2 Å². The van der Waals surface area contributed by atoms with Gasteiger partial charge in [0.25, 0.3) is 5.91 Å². The number of fused-ring (bicyclic) bond motifs is 2. The molecule has 1 aromatic carbocycles. The first-order chi connectivity index (χ1) is 13.3. The number of carbonyl (C=O) groups is 3. The predicted molar refractivity (Wildman–Crippen MR) is 103 cm³/mol. The Morgan fingerprint density at radius 2 is 2.00 bits per heavy atom. The number of anilines is 1. The number of primary amides is 1. The van der Waals surface area contributed by atoms with Gasteiger partial charge < -0.3 is 5.73 Å². The maximum atomic E-state index is 13.0. The predicted octanol–water partition coefficient (Wildman–Crippen LogP) is 0.325. The summed E-state index contributed by atoms with van der Waals surface area (Å²) in [7, 11) is 1.55. The molecule has 3 heterocycles. The summed E-state index contributed by atoms with van der Waals surface area (Å²) in [5.41, 5.74) is 6.12. The summed E-state index contributed by atoms with van der Waals surface area (Å²) in [5.74, 6) is -0.0178. The molecule has 2 unspecified atom stereocenters. The van der Waals surface area contributed by atoms with Crippen molar-refractivity contribution in [2.75, 3.05) is 31.6 Å². The molecule has 0 saturated carbocycles. The zero-order valence-electron chi connectivity index (χ0n) is 15.5. The van der Waals surface area contributed by atoms with E-state index in [9.17, 15) is 14.4 Å². The molecule has 3 aliphatic rings. The summed E-state index contributed by atoms with van der Waals surface area (Å²) in [6.45, 7) is 2.95. The fourth-order valence-corrected chi connectivity index (χ4v) is 3.96. The van der Waals surface area contributed by atoms with E-state index in [1.807, 2.05) is 21.6 Å². The molecular formula is C18H20ClN6O3+. The molecule has 9 nitrogen and oxygen atoms in total. The number of halogens is 1. The molecule has 4 amide bonds. The molecule has 2 N–H and O–H groups in total. The summed E-state index contributed by atoms with van der Waals surface area (Å²) in [4.78, 5) is 45.8. The standard InChI is InChI=1S/C18H19ClN6O3/c1-10-7-23(12-5-3-11(19)4-6-12)17-21-15-14(24(17)8-10)16(27)25(9-13(20)26)18(28)22(15)2/h3-6,10,14H,7-9H2,1-2H3,(H-,20,26)/p+1. The lowest BCUT2D eigenvalue weighted by atomic mass is 10.1. The van der Waals surface area contributed by atoms with Crippen molar-refractivity contribution in [1.82, 2.24) is 9.80 Å². The molecule has 0 radical (unpaired) electrons. The first-order valence-corrected chi connectivity index (χ1v) is 9.28. The lowest BCUT2D eigenvalue weighted by molar-refractivity contribution is -0.545. The van der Waals surface area contributed by atoms with Crippen molar-refractivity contribution in [1.29, 1.82) is 0 Å². The van der Waals surface area contributed by atoms with Crippen LogP contribution >= 0.6 is 11.6 Å². The minimum absolute atomic E-state index is 0.245. The van der Waals surface area contributed by atoms with Gasteiger partial charge in [-0.15, -0.1) is 0 Å². The third-order valence-corrected chi connectivity index (χ3v) is 5.34. The number of hydrogen-bond acceptors (Lipinski definition) is 5. The molecule has 146 valence electrons. The van der Waals surface area contributed by atoms with Crippen LogP contribution in [0, 0.1) is 5.92 Å². The highest BCUT2D eigenvalue weighted by molar-refractivity contribution is 6.30.